The zero-order chi connectivity index (χ0) is 13.4. The van der Waals surface area contributed by atoms with E-state index in [1.165, 1.54) is 18.2 Å². The maximum absolute atomic E-state index is 13.5. The molecule has 0 atom stereocenters. The normalized spacial score (nSPS) is 14.4. The Hall–Kier alpha value is -2.29. The van der Waals surface area contributed by atoms with Crippen LogP contribution < -0.4 is 0 Å². The standard InChI is InChI=1S/C16H11FO2/c17-14-8-12-7-13(9-14)16(19)6-11-3-1-2-10(4-11)5-15(12)18/h1-4,7-9H,5-6H2. The van der Waals surface area contributed by atoms with E-state index in [9.17, 15) is 14.0 Å². The molecule has 0 N–H and O–H groups in total. The quantitative estimate of drug-likeness (QED) is 0.724. The summed E-state index contributed by atoms with van der Waals surface area (Å²) < 4.78 is 13.5. The van der Waals surface area contributed by atoms with Gasteiger partial charge in [0.25, 0.3) is 0 Å². The summed E-state index contributed by atoms with van der Waals surface area (Å²) in [7, 11) is 0. The lowest BCUT2D eigenvalue weighted by Crippen LogP contribution is -2.11. The molecule has 0 radical (unpaired) electrons. The molecule has 0 amide bonds. The van der Waals surface area contributed by atoms with E-state index in [2.05, 4.69) is 0 Å². The van der Waals surface area contributed by atoms with Crippen molar-refractivity contribution in [1.82, 2.24) is 0 Å². The molecule has 0 spiro atoms. The van der Waals surface area contributed by atoms with Crippen molar-refractivity contribution in [2.75, 3.05) is 0 Å². The molecule has 2 aromatic carbocycles. The molecule has 94 valence electrons. The molecule has 0 heterocycles. The second-order valence-corrected chi connectivity index (χ2v) is 4.75. The summed E-state index contributed by atoms with van der Waals surface area (Å²) >= 11 is 0. The number of benzene rings is 2. The van der Waals surface area contributed by atoms with Crippen LogP contribution in [-0.2, 0) is 12.8 Å². The average Bonchev–Trinajstić information content (AvgIpc) is 2.37. The molecular weight excluding hydrogens is 243 g/mol. The number of Topliss-reactive ketones (excluding diaryl/α,β-unsaturated/α-hetero) is 2. The molecule has 19 heavy (non-hydrogen) atoms. The lowest BCUT2D eigenvalue weighted by molar-refractivity contribution is 0.0991. The van der Waals surface area contributed by atoms with Crippen LogP contribution in [0.2, 0.25) is 0 Å². The number of rotatable bonds is 0. The molecule has 0 fully saturated rings. The average molecular weight is 254 g/mol. The summed E-state index contributed by atoms with van der Waals surface area (Å²) in [5, 5.41) is 0. The minimum absolute atomic E-state index is 0.174. The summed E-state index contributed by atoms with van der Waals surface area (Å²) in [6.07, 6.45) is 0.454. The number of fused-ring (bicyclic) bond motifs is 4. The molecule has 0 aromatic heterocycles. The van der Waals surface area contributed by atoms with Crippen molar-refractivity contribution >= 4 is 11.6 Å². The number of hydrogen-bond acceptors (Lipinski definition) is 2. The van der Waals surface area contributed by atoms with Crippen LogP contribution in [0.5, 0.6) is 0 Å². The molecule has 0 aliphatic heterocycles. The van der Waals surface area contributed by atoms with E-state index in [4.69, 9.17) is 0 Å². The molecule has 1 aliphatic carbocycles. The monoisotopic (exact) mass is 254 g/mol. The first-order valence-electron chi connectivity index (χ1n) is 6.06. The fraction of sp³-hybridized carbons (Fsp3) is 0.125. The van der Waals surface area contributed by atoms with Gasteiger partial charge in [-0.2, -0.15) is 0 Å². The lowest BCUT2D eigenvalue weighted by Gasteiger charge is -2.10. The van der Waals surface area contributed by atoms with Gasteiger partial charge in [0.05, 0.1) is 0 Å². The Labute approximate surface area is 109 Å². The Balaban J connectivity index is 2.17. The van der Waals surface area contributed by atoms with Gasteiger partial charge in [0.1, 0.15) is 5.82 Å². The predicted molar refractivity (Wildman–Crippen MR) is 68.9 cm³/mol. The second-order valence-electron chi connectivity index (χ2n) is 4.75. The first-order chi connectivity index (χ1) is 9.11. The molecule has 3 rings (SSSR count). The first-order valence-corrected chi connectivity index (χ1v) is 6.06. The van der Waals surface area contributed by atoms with Gasteiger partial charge in [-0.05, 0) is 29.3 Å². The van der Waals surface area contributed by atoms with Crippen LogP contribution in [0.15, 0.2) is 42.5 Å². The van der Waals surface area contributed by atoms with Crippen LogP contribution in [-0.4, -0.2) is 11.6 Å². The molecule has 2 aromatic rings. The SMILES string of the molecule is O=C1Cc2cccc(c2)CC(=O)c2cc(F)cc1c2. The van der Waals surface area contributed by atoms with Crippen LogP contribution in [0.25, 0.3) is 0 Å². The van der Waals surface area contributed by atoms with Gasteiger partial charge in [0.15, 0.2) is 11.6 Å². The third-order valence-corrected chi connectivity index (χ3v) is 3.26. The first kappa shape index (κ1) is 11.8. The van der Waals surface area contributed by atoms with Crippen LogP contribution in [0.3, 0.4) is 0 Å². The number of carbonyl (C=O) groups excluding carboxylic acids is 2. The van der Waals surface area contributed by atoms with Crippen molar-refractivity contribution in [2.45, 2.75) is 12.8 Å². The highest BCUT2D eigenvalue weighted by Crippen LogP contribution is 2.18. The van der Waals surface area contributed by atoms with Gasteiger partial charge in [-0.3, -0.25) is 9.59 Å². The Morgan fingerprint density at radius 1 is 0.789 bits per heavy atom. The summed E-state index contributed by atoms with van der Waals surface area (Å²) in [5.41, 5.74) is 2.22. The fourth-order valence-corrected chi connectivity index (χ4v) is 2.34. The van der Waals surface area contributed by atoms with Crippen molar-refractivity contribution < 1.29 is 14.0 Å². The van der Waals surface area contributed by atoms with Crippen molar-refractivity contribution in [2.24, 2.45) is 0 Å². The van der Waals surface area contributed by atoms with Gasteiger partial charge >= 0.3 is 0 Å². The summed E-state index contributed by atoms with van der Waals surface area (Å²) in [6.45, 7) is 0. The minimum atomic E-state index is -0.543. The van der Waals surface area contributed by atoms with Crippen LogP contribution >= 0.6 is 0 Å². The van der Waals surface area contributed by atoms with E-state index in [1.807, 2.05) is 24.3 Å². The van der Waals surface area contributed by atoms with Crippen LogP contribution in [0.4, 0.5) is 4.39 Å². The van der Waals surface area contributed by atoms with Crippen LogP contribution in [0, 0.1) is 5.82 Å². The van der Waals surface area contributed by atoms with Gasteiger partial charge in [-0.1, -0.05) is 24.3 Å². The zero-order valence-corrected chi connectivity index (χ0v) is 10.2. The van der Waals surface area contributed by atoms with Crippen molar-refractivity contribution in [1.29, 1.82) is 0 Å². The molecule has 2 nitrogen and oxygen atoms in total. The number of carbonyl (C=O) groups is 2. The van der Waals surface area contributed by atoms with Crippen molar-refractivity contribution in [3.63, 3.8) is 0 Å². The maximum Gasteiger partial charge on any atom is 0.167 e. The van der Waals surface area contributed by atoms with Gasteiger partial charge in [0, 0.05) is 24.0 Å². The lowest BCUT2D eigenvalue weighted by atomic mass is 9.93. The van der Waals surface area contributed by atoms with E-state index in [-0.39, 0.29) is 35.5 Å². The van der Waals surface area contributed by atoms with Gasteiger partial charge in [-0.15, -0.1) is 0 Å². The smallest absolute Gasteiger partial charge is 0.167 e. The second kappa shape index (κ2) is 4.43. The highest BCUT2D eigenvalue weighted by atomic mass is 19.1. The largest absolute Gasteiger partial charge is 0.294 e. The van der Waals surface area contributed by atoms with E-state index in [0.717, 1.165) is 11.1 Å². The summed E-state index contributed by atoms with van der Waals surface area (Å²) in [4.78, 5) is 24.2. The van der Waals surface area contributed by atoms with E-state index < -0.39 is 5.82 Å². The van der Waals surface area contributed by atoms with Crippen LogP contribution in [0.1, 0.15) is 31.8 Å². The van der Waals surface area contributed by atoms with Gasteiger partial charge < -0.3 is 0 Å². The zero-order valence-electron chi connectivity index (χ0n) is 10.2. The number of hydrogen-bond donors (Lipinski definition) is 0. The Morgan fingerprint density at radius 3 is 1.84 bits per heavy atom. The Bertz CT molecular complexity index is 637. The van der Waals surface area contributed by atoms with Crippen molar-refractivity contribution in [3.05, 3.63) is 70.5 Å². The molecule has 0 saturated carbocycles. The van der Waals surface area contributed by atoms with Crippen molar-refractivity contribution in [3.8, 4) is 0 Å². The summed E-state index contributed by atoms with van der Waals surface area (Å²) in [6, 6.07) is 11.2. The van der Waals surface area contributed by atoms with Gasteiger partial charge in [-0.25, -0.2) is 4.39 Å². The Kier molecular flexibility index (Phi) is 2.75. The van der Waals surface area contributed by atoms with E-state index in [0.29, 0.717) is 0 Å². The highest BCUT2D eigenvalue weighted by Gasteiger charge is 2.16. The molecule has 4 bridgehead atoms. The predicted octanol–water partition coefficient (Wildman–Crippen LogP) is 2.99. The van der Waals surface area contributed by atoms with Gasteiger partial charge in [0.2, 0.25) is 0 Å². The molecule has 3 heteroatoms. The summed E-state index contributed by atoms with van der Waals surface area (Å²) in [5.74, 6) is -0.890. The van der Waals surface area contributed by atoms with E-state index >= 15 is 0 Å². The fourth-order valence-electron chi connectivity index (χ4n) is 2.34. The molecule has 0 unspecified atom stereocenters. The topological polar surface area (TPSA) is 34.1 Å². The highest BCUT2D eigenvalue weighted by molar-refractivity contribution is 6.03. The Morgan fingerprint density at radius 2 is 1.32 bits per heavy atom. The third-order valence-electron chi connectivity index (χ3n) is 3.26. The minimum Gasteiger partial charge on any atom is -0.294 e. The molecular formula is C16H11FO2. The molecule has 0 saturated heterocycles. The maximum atomic E-state index is 13.5. The number of ketones is 2. The third kappa shape index (κ3) is 2.32. The number of halogens is 1. The molecule has 1 aliphatic rings. The van der Waals surface area contributed by atoms with E-state index in [1.54, 1.807) is 0 Å².